The monoisotopic (exact) mass is 248 g/mol. The predicted molar refractivity (Wildman–Crippen MR) is 62.5 cm³/mol. The second-order valence-electron chi connectivity index (χ2n) is 5.57. The maximum atomic E-state index is 11.7. The smallest absolute Gasteiger partial charge is 0.258 e. The van der Waals surface area contributed by atoms with Crippen LogP contribution in [0.15, 0.2) is 0 Å². The van der Waals surface area contributed by atoms with Gasteiger partial charge in [-0.1, -0.05) is 0 Å². The molecule has 0 aromatic rings. The van der Waals surface area contributed by atoms with E-state index < -0.39 is 14.8 Å². The van der Waals surface area contributed by atoms with Crippen LogP contribution < -0.4 is 5.32 Å². The van der Waals surface area contributed by atoms with Gasteiger partial charge in [0.2, 0.25) is 0 Å². The zero-order valence-electron chi connectivity index (χ0n) is 10.5. The molecule has 0 bridgehead atoms. The number of rotatable bonds is 3. The summed E-state index contributed by atoms with van der Waals surface area (Å²) >= 11 is 0. The molecular formula is C10H20N2O3S. The lowest BCUT2D eigenvalue weighted by Gasteiger charge is -2.43. The van der Waals surface area contributed by atoms with Crippen molar-refractivity contribution in [3.8, 4) is 0 Å². The Morgan fingerprint density at radius 3 is 2.19 bits per heavy atom. The van der Waals surface area contributed by atoms with Gasteiger partial charge in [0.1, 0.15) is 0 Å². The molecule has 0 saturated carbocycles. The van der Waals surface area contributed by atoms with E-state index in [1.54, 1.807) is 0 Å². The van der Waals surface area contributed by atoms with Gasteiger partial charge < -0.3 is 5.32 Å². The summed E-state index contributed by atoms with van der Waals surface area (Å²) in [5.41, 5.74) is -0.0762. The number of hydrogen-bond donors (Lipinski definition) is 1. The van der Waals surface area contributed by atoms with E-state index in [0.29, 0.717) is 6.54 Å². The zero-order chi connectivity index (χ0) is 12.8. The van der Waals surface area contributed by atoms with Gasteiger partial charge >= 0.3 is 0 Å². The first-order valence-electron chi connectivity index (χ1n) is 5.32. The first kappa shape index (κ1) is 13.4. The number of amides is 1. The molecule has 1 amide bonds. The van der Waals surface area contributed by atoms with Crippen molar-refractivity contribution in [2.75, 3.05) is 13.1 Å². The summed E-state index contributed by atoms with van der Waals surface area (Å²) in [5.74, 6) is -0.316. The molecule has 0 aromatic heterocycles. The van der Waals surface area contributed by atoms with Gasteiger partial charge in [-0.15, -0.1) is 0 Å². The van der Waals surface area contributed by atoms with Gasteiger partial charge in [-0.05, 0) is 34.6 Å². The number of nitrogens with zero attached hydrogens (tertiary/aromatic N) is 1. The lowest BCUT2D eigenvalue weighted by molar-refractivity contribution is -0.132. The number of carbonyl (C=O) groups excluding carboxylic acids is 1. The molecule has 0 radical (unpaired) electrons. The van der Waals surface area contributed by atoms with Crippen LogP contribution >= 0.6 is 0 Å². The Labute approximate surface area is 97.2 Å². The fraction of sp³-hybridized carbons (Fsp3) is 0.900. The molecule has 0 aliphatic carbocycles. The summed E-state index contributed by atoms with van der Waals surface area (Å²) in [6.45, 7) is 9.54. The third-order valence-corrected chi connectivity index (χ3v) is 5.04. The Balaban J connectivity index is 2.57. The lowest BCUT2D eigenvalue weighted by Crippen LogP contribution is -2.68. The van der Waals surface area contributed by atoms with E-state index in [2.05, 4.69) is 5.32 Å². The molecule has 1 heterocycles. The van der Waals surface area contributed by atoms with Crippen LogP contribution in [0.3, 0.4) is 0 Å². The number of hydrogen-bond acceptors (Lipinski definition) is 4. The molecule has 5 nitrogen and oxygen atoms in total. The van der Waals surface area contributed by atoms with Crippen molar-refractivity contribution < 1.29 is 13.2 Å². The van der Waals surface area contributed by atoms with Crippen LogP contribution in [-0.2, 0) is 14.8 Å². The summed E-state index contributed by atoms with van der Waals surface area (Å²) in [6, 6.07) is 0. The summed E-state index contributed by atoms with van der Waals surface area (Å²) in [4.78, 5) is 11.6. The fourth-order valence-electron chi connectivity index (χ4n) is 1.51. The Kier molecular flexibility index (Phi) is 3.11. The molecule has 0 spiro atoms. The van der Waals surface area contributed by atoms with Gasteiger partial charge in [0.05, 0.1) is 0 Å². The second-order valence-corrected chi connectivity index (χ2v) is 7.98. The van der Waals surface area contributed by atoms with Crippen molar-refractivity contribution in [2.45, 2.75) is 44.9 Å². The Hall–Kier alpha value is -0.620. The molecule has 1 saturated heterocycles. The maximum absolute atomic E-state index is 11.7. The molecular weight excluding hydrogens is 228 g/mol. The Bertz CT molecular complexity index is 393. The summed E-state index contributed by atoms with van der Waals surface area (Å²) in [5, 5.41) is 3.15. The Morgan fingerprint density at radius 2 is 1.81 bits per heavy atom. The van der Waals surface area contributed by atoms with Crippen LogP contribution in [0.1, 0.15) is 34.6 Å². The molecule has 0 aromatic carbocycles. The molecule has 94 valence electrons. The topological polar surface area (TPSA) is 66.5 Å². The van der Waals surface area contributed by atoms with Crippen LogP contribution in [0.4, 0.5) is 0 Å². The average Bonchev–Trinajstić information content (AvgIpc) is 2.09. The summed E-state index contributed by atoms with van der Waals surface area (Å²) < 4.78 is 23.1. The second kappa shape index (κ2) is 3.70. The molecule has 16 heavy (non-hydrogen) atoms. The third-order valence-electron chi connectivity index (χ3n) is 2.65. The highest BCUT2D eigenvalue weighted by atomic mass is 32.2. The van der Waals surface area contributed by atoms with E-state index in [4.69, 9.17) is 0 Å². The van der Waals surface area contributed by atoms with E-state index in [1.165, 1.54) is 13.8 Å². The van der Waals surface area contributed by atoms with Gasteiger partial charge in [0.15, 0.2) is 4.75 Å². The minimum atomic E-state index is -3.42. The molecule has 1 aliphatic heterocycles. The van der Waals surface area contributed by atoms with Crippen molar-refractivity contribution in [3.05, 3.63) is 0 Å². The quantitative estimate of drug-likeness (QED) is 0.781. The highest BCUT2D eigenvalue weighted by molar-refractivity contribution is 7.94. The van der Waals surface area contributed by atoms with E-state index in [9.17, 15) is 13.2 Å². The van der Waals surface area contributed by atoms with Crippen molar-refractivity contribution in [1.82, 2.24) is 9.62 Å². The predicted octanol–water partition coefficient (Wildman–Crippen LogP) is 0.325. The van der Waals surface area contributed by atoms with Crippen LogP contribution in [-0.4, -0.2) is 42.0 Å². The number of carbonyl (C=O) groups is 1. The maximum Gasteiger partial charge on any atom is 0.258 e. The normalized spacial score (nSPS) is 23.1. The molecule has 0 unspecified atom stereocenters. The lowest BCUT2D eigenvalue weighted by atomic mass is 10.1. The SMILES string of the molecule is CC(C)(C)NCCN1C(=O)C(C)(C)S1(=O)=O. The van der Waals surface area contributed by atoms with E-state index in [-0.39, 0.29) is 18.0 Å². The number of sulfonamides is 1. The van der Waals surface area contributed by atoms with Crippen LogP contribution in [0.2, 0.25) is 0 Å². The first-order valence-corrected chi connectivity index (χ1v) is 6.76. The van der Waals surface area contributed by atoms with E-state index >= 15 is 0 Å². The Morgan fingerprint density at radius 1 is 1.31 bits per heavy atom. The van der Waals surface area contributed by atoms with Gasteiger partial charge in [0, 0.05) is 18.6 Å². The minimum Gasteiger partial charge on any atom is -0.310 e. The van der Waals surface area contributed by atoms with Crippen LogP contribution in [0, 0.1) is 0 Å². The van der Waals surface area contributed by atoms with Gasteiger partial charge in [-0.2, -0.15) is 0 Å². The largest absolute Gasteiger partial charge is 0.310 e. The molecule has 1 aliphatic rings. The van der Waals surface area contributed by atoms with Gasteiger partial charge in [-0.25, -0.2) is 12.7 Å². The van der Waals surface area contributed by atoms with Crippen molar-refractivity contribution in [2.24, 2.45) is 0 Å². The highest BCUT2D eigenvalue weighted by Crippen LogP contribution is 2.34. The standard InChI is InChI=1S/C10H20N2O3S/c1-9(2,3)11-6-7-12-8(13)10(4,5)16(12,14)15/h11H,6-7H2,1-5H3. The average molecular weight is 248 g/mol. The highest BCUT2D eigenvalue weighted by Gasteiger charge is 2.59. The fourth-order valence-corrected chi connectivity index (χ4v) is 3.04. The van der Waals surface area contributed by atoms with Crippen molar-refractivity contribution in [1.29, 1.82) is 0 Å². The summed E-state index contributed by atoms with van der Waals surface area (Å²) in [6.07, 6.45) is 0. The van der Waals surface area contributed by atoms with Gasteiger partial charge in [-0.3, -0.25) is 4.79 Å². The molecule has 1 fully saturated rings. The number of nitrogens with one attached hydrogen (secondary N) is 1. The summed E-state index contributed by atoms with van der Waals surface area (Å²) in [7, 11) is -3.42. The van der Waals surface area contributed by atoms with E-state index in [0.717, 1.165) is 4.31 Å². The molecule has 0 atom stereocenters. The first-order chi connectivity index (χ1) is 7.00. The van der Waals surface area contributed by atoms with Gasteiger partial charge in [0.25, 0.3) is 15.9 Å². The minimum absolute atomic E-state index is 0.0762. The van der Waals surface area contributed by atoms with Crippen LogP contribution in [0.25, 0.3) is 0 Å². The molecule has 1 N–H and O–H groups in total. The zero-order valence-corrected chi connectivity index (χ0v) is 11.3. The van der Waals surface area contributed by atoms with Crippen molar-refractivity contribution >= 4 is 15.9 Å². The van der Waals surface area contributed by atoms with E-state index in [1.807, 2.05) is 20.8 Å². The molecule has 6 heteroatoms. The third kappa shape index (κ3) is 2.08. The molecule has 1 rings (SSSR count). The van der Waals surface area contributed by atoms with Crippen molar-refractivity contribution in [3.63, 3.8) is 0 Å². The van der Waals surface area contributed by atoms with Crippen LogP contribution in [0.5, 0.6) is 0 Å².